The Labute approximate surface area is 220 Å². The molecule has 1 aromatic carbocycles. The van der Waals surface area contributed by atoms with Gasteiger partial charge in [0.25, 0.3) is 5.91 Å². The van der Waals surface area contributed by atoms with Gasteiger partial charge in [-0.25, -0.2) is 4.98 Å². The van der Waals surface area contributed by atoms with Crippen LogP contribution in [-0.2, 0) is 20.9 Å². The van der Waals surface area contributed by atoms with Gasteiger partial charge < -0.3 is 24.3 Å². The first-order valence-corrected chi connectivity index (χ1v) is 13.3. The van der Waals surface area contributed by atoms with Crippen LogP contribution in [0.1, 0.15) is 18.4 Å². The van der Waals surface area contributed by atoms with Crippen molar-refractivity contribution in [3.63, 3.8) is 0 Å². The van der Waals surface area contributed by atoms with Crippen molar-refractivity contribution in [2.45, 2.75) is 19.4 Å². The second-order valence-corrected chi connectivity index (χ2v) is 9.85. The number of amides is 2. The highest BCUT2D eigenvalue weighted by Gasteiger charge is 2.24. The van der Waals surface area contributed by atoms with Gasteiger partial charge in [0.2, 0.25) is 5.91 Å². The molecule has 0 spiro atoms. The average Bonchev–Trinajstić information content (AvgIpc) is 2.96. The first-order valence-electron chi connectivity index (χ1n) is 13.3. The van der Waals surface area contributed by atoms with Gasteiger partial charge in [-0.2, -0.15) is 0 Å². The van der Waals surface area contributed by atoms with Crippen molar-refractivity contribution in [2.75, 3.05) is 89.5 Å². The number of ether oxygens (including phenoxy) is 1. The highest BCUT2D eigenvalue weighted by atomic mass is 16.5. The molecule has 0 atom stereocenters. The molecular formula is C28H40N6O3. The van der Waals surface area contributed by atoms with Gasteiger partial charge in [0.15, 0.2) is 0 Å². The molecule has 37 heavy (non-hydrogen) atoms. The van der Waals surface area contributed by atoms with Gasteiger partial charge in [0, 0.05) is 84.3 Å². The maximum absolute atomic E-state index is 13.5. The van der Waals surface area contributed by atoms with E-state index in [1.165, 1.54) is 0 Å². The summed E-state index contributed by atoms with van der Waals surface area (Å²) in [5, 5.41) is 0. The molecule has 2 aromatic rings. The lowest BCUT2D eigenvalue weighted by molar-refractivity contribution is -0.132. The van der Waals surface area contributed by atoms with E-state index >= 15 is 0 Å². The fraction of sp³-hybridized carbons (Fsp3) is 0.536. The fourth-order valence-electron chi connectivity index (χ4n) is 5.04. The standard InChI is InChI=1S/C28H40N6O3/c1-30-13-7-14-34(28(36)23-37-2)25-9-4-3-8-24(25)22-33(19-16-30)27(35)11-15-31-17-20-32(21-18-31)26-10-5-6-12-29-26/h3-6,8-10,12H,7,11,13-23H2,1-2H3. The van der Waals surface area contributed by atoms with E-state index in [4.69, 9.17) is 4.74 Å². The summed E-state index contributed by atoms with van der Waals surface area (Å²) in [7, 11) is 3.62. The third-order valence-corrected chi connectivity index (χ3v) is 7.23. The van der Waals surface area contributed by atoms with E-state index in [9.17, 15) is 9.59 Å². The summed E-state index contributed by atoms with van der Waals surface area (Å²) in [5.41, 5.74) is 1.87. The Morgan fingerprint density at radius 1 is 0.892 bits per heavy atom. The van der Waals surface area contributed by atoms with Crippen molar-refractivity contribution in [1.82, 2.24) is 19.7 Å². The largest absolute Gasteiger partial charge is 0.375 e. The summed E-state index contributed by atoms with van der Waals surface area (Å²) in [4.78, 5) is 41.5. The monoisotopic (exact) mass is 508 g/mol. The van der Waals surface area contributed by atoms with Crippen LogP contribution in [0, 0.1) is 0 Å². The lowest BCUT2D eigenvalue weighted by Crippen LogP contribution is -2.47. The SMILES string of the molecule is COCC(=O)N1CCCN(C)CCN(C(=O)CCN2CCN(c3ccccn3)CC2)Cc2ccccc21. The van der Waals surface area contributed by atoms with E-state index < -0.39 is 0 Å². The van der Waals surface area contributed by atoms with Crippen LogP contribution < -0.4 is 9.80 Å². The molecule has 200 valence electrons. The molecule has 0 N–H and O–H groups in total. The molecular weight excluding hydrogens is 468 g/mol. The molecule has 0 radical (unpaired) electrons. The Hall–Kier alpha value is -3.01. The molecule has 2 aliphatic heterocycles. The highest BCUT2D eigenvalue weighted by molar-refractivity contribution is 5.95. The minimum atomic E-state index is -0.0560. The van der Waals surface area contributed by atoms with Crippen molar-refractivity contribution in [2.24, 2.45) is 0 Å². The quantitative estimate of drug-likeness (QED) is 0.591. The van der Waals surface area contributed by atoms with Crippen LogP contribution in [0.3, 0.4) is 0 Å². The summed E-state index contributed by atoms with van der Waals surface area (Å²) in [5.74, 6) is 1.12. The number of rotatable bonds is 6. The van der Waals surface area contributed by atoms with Gasteiger partial charge >= 0.3 is 0 Å². The van der Waals surface area contributed by atoms with Crippen LogP contribution in [0.4, 0.5) is 11.5 Å². The second kappa shape index (κ2) is 13.5. The molecule has 9 heteroatoms. The number of anilines is 2. The third-order valence-electron chi connectivity index (χ3n) is 7.23. The normalized spacial score (nSPS) is 18.3. The number of aromatic nitrogens is 1. The number of carbonyl (C=O) groups excluding carboxylic acids is 2. The smallest absolute Gasteiger partial charge is 0.252 e. The molecule has 9 nitrogen and oxygen atoms in total. The van der Waals surface area contributed by atoms with Crippen LogP contribution in [0.2, 0.25) is 0 Å². The molecule has 0 aliphatic carbocycles. The van der Waals surface area contributed by atoms with Gasteiger partial charge in [-0.3, -0.25) is 14.5 Å². The van der Waals surface area contributed by atoms with Gasteiger partial charge in [-0.05, 0) is 43.8 Å². The first kappa shape index (κ1) is 27.0. The maximum Gasteiger partial charge on any atom is 0.252 e. The summed E-state index contributed by atoms with van der Waals surface area (Å²) in [6.45, 7) is 7.93. The predicted molar refractivity (Wildman–Crippen MR) is 146 cm³/mol. The maximum atomic E-state index is 13.5. The highest BCUT2D eigenvalue weighted by Crippen LogP contribution is 2.24. The van der Waals surface area contributed by atoms with Gasteiger partial charge in [0.05, 0.1) is 0 Å². The number of benzene rings is 1. The summed E-state index contributed by atoms with van der Waals surface area (Å²) < 4.78 is 5.15. The molecule has 2 amide bonds. The third kappa shape index (κ3) is 7.50. The van der Waals surface area contributed by atoms with E-state index in [2.05, 4.69) is 26.7 Å². The summed E-state index contributed by atoms with van der Waals surface area (Å²) >= 11 is 0. The van der Waals surface area contributed by atoms with Crippen molar-refractivity contribution >= 4 is 23.3 Å². The Bertz CT molecular complexity index is 1010. The summed E-state index contributed by atoms with van der Waals surface area (Å²) in [6, 6.07) is 13.9. The van der Waals surface area contributed by atoms with E-state index in [0.717, 1.165) is 69.3 Å². The number of para-hydroxylation sites is 1. The number of carbonyl (C=O) groups is 2. The molecule has 1 saturated heterocycles. The van der Waals surface area contributed by atoms with Crippen LogP contribution in [0.15, 0.2) is 48.7 Å². The number of hydrogen-bond donors (Lipinski definition) is 0. The Kier molecular flexibility index (Phi) is 9.87. The first-order chi connectivity index (χ1) is 18.0. The number of fused-ring (bicyclic) bond motifs is 1. The van der Waals surface area contributed by atoms with Crippen molar-refractivity contribution < 1.29 is 14.3 Å². The Balaban J connectivity index is 1.40. The minimum Gasteiger partial charge on any atom is -0.375 e. The van der Waals surface area contributed by atoms with E-state index in [-0.39, 0.29) is 18.4 Å². The molecule has 1 fully saturated rings. The number of methoxy groups -OCH3 is 1. The topological polar surface area (TPSA) is 72.5 Å². The van der Waals surface area contributed by atoms with E-state index in [1.54, 1.807) is 7.11 Å². The molecule has 0 unspecified atom stereocenters. The summed E-state index contributed by atoms with van der Waals surface area (Å²) in [6.07, 6.45) is 3.18. The minimum absolute atomic E-state index is 0.0421. The number of nitrogens with zero attached hydrogens (tertiary/aromatic N) is 6. The molecule has 3 heterocycles. The van der Waals surface area contributed by atoms with Crippen molar-refractivity contribution in [3.8, 4) is 0 Å². The van der Waals surface area contributed by atoms with Gasteiger partial charge in [-0.15, -0.1) is 0 Å². The van der Waals surface area contributed by atoms with Crippen LogP contribution in [-0.4, -0.2) is 111 Å². The van der Waals surface area contributed by atoms with Crippen LogP contribution in [0.5, 0.6) is 0 Å². The van der Waals surface area contributed by atoms with Crippen molar-refractivity contribution in [3.05, 3.63) is 54.2 Å². The van der Waals surface area contributed by atoms with Crippen LogP contribution >= 0.6 is 0 Å². The molecule has 1 aromatic heterocycles. The second-order valence-electron chi connectivity index (χ2n) is 9.85. The zero-order valence-electron chi connectivity index (χ0n) is 22.2. The molecule has 0 saturated carbocycles. The predicted octanol–water partition coefficient (Wildman–Crippen LogP) is 1.94. The van der Waals surface area contributed by atoms with Gasteiger partial charge in [-0.1, -0.05) is 24.3 Å². The van der Waals surface area contributed by atoms with E-state index in [0.29, 0.717) is 26.1 Å². The lowest BCUT2D eigenvalue weighted by atomic mass is 10.1. The molecule has 4 rings (SSSR count). The number of piperazine rings is 1. The van der Waals surface area contributed by atoms with Gasteiger partial charge in [0.1, 0.15) is 12.4 Å². The molecule has 2 aliphatic rings. The fourth-order valence-corrected chi connectivity index (χ4v) is 5.04. The zero-order valence-corrected chi connectivity index (χ0v) is 22.2. The van der Waals surface area contributed by atoms with E-state index in [1.807, 2.05) is 58.5 Å². The number of hydrogen-bond acceptors (Lipinski definition) is 7. The number of likely N-dealkylation sites (N-methyl/N-ethyl adjacent to an activating group) is 1. The van der Waals surface area contributed by atoms with Crippen molar-refractivity contribution in [1.29, 1.82) is 0 Å². The molecule has 0 bridgehead atoms. The average molecular weight is 509 g/mol. The Morgan fingerprint density at radius 3 is 2.43 bits per heavy atom. The number of pyridine rings is 1. The zero-order chi connectivity index (χ0) is 26.0. The Morgan fingerprint density at radius 2 is 1.68 bits per heavy atom. The van der Waals surface area contributed by atoms with Crippen LogP contribution in [0.25, 0.3) is 0 Å². The lowest BCUT2D eigenvalue weighted by Gasteiger charge is -2.35.